The van der Waals surface area contributed by atoms with Gasteiger partial charge >= 0.3 is 0 Å². The number of hydrogen-bond donors (Lipinski definition) is 2. The van der Waals surface area contributed by atoms with Crippen molar-refractivity contribution < 1.29 is 9.63 Å². The number of hydrogen-bond acceptors (Lipinski definition) is 4. The fourth-order valence-corrected chi connectivity index (χ4v) is 2.39. The van der Waals surface area contributed by atoms with Gasteiger partial charge in [-0.15, -0.1) is 24.0 Å². The maximum absolute atomic E-state index is 11.9. The van der Waals surface area contributed by atoms with E-state index in [2.05, 4.69) is 5.32 Å². The molecule has 1 saturated heterocycles. The zero-order valence-corrected chi connectivity index (χ0v) is 12.8. The monoisotopic (exact) mass is 319 g/mol. The van der Waals surface area contributed by atoms with Crippen molar-refractivity contribution in [3.05, 3.63) is 35.9 Å². The van der Waals surface area contributed by atoms with Crippen molar-refractivity contribution in [2.24, 2.45) is 5.73 Å². The summed E-state index contributed by atoms with van der Waals surface area (Å²) in [5, 5.41) is 4.27. The molecule has 2 rings (SSSR count). The number of hydroxylamine groups is 2. The first-order chi connectivity index (χ1) is 9.05. The molecular formula is C13H19Cl2N3O2. The van der Waals surface area contributed by atoms with Crippen molar-refractivity contribution in [1.29, 1.82) is 0 Å². The minimum absolute atomic E-state index is 0. The molecule has 0 aromatic heterocycles. The summed E-state index contributed by atoms with van der Waals surface area (Å²) in [7, 11) is 1.58. The lowest BCUT2D eigenvalue weighted by molar-refractivity contribution is -0.115. The number of rotatable bonds is 4. The number of halogens is 2. The van der Waals surface area contributed by atoms with Crippen LogP contribution in [0.4, 0.5) is 0 Å². The predicted molar refractivity (Wildman–Crippen MR) is 81.2 cm³/mol. The van der Waals surface area contributed by atoms with Gasteiger partial charge in [-0.25, -0.2) is 0 Å². The summed E-state index contributed by atoms with van der Waals surface area (Å²) in [5.74, 6) is -0.148. The Bertz CT molecular complexity index is 447. The number of carbonyl (C=O) groups is 1. The van der Waals surface area contributed by atoms with E-state index in [1.807, 2.05) is 18.2 Å². The molecule has 7 heteroatoms. The molecule has 1 aromatic rings. The van der Waals surface area contributed by atoms with Crippen LogP contribution in [-0.4, -0.2) is 48.6 Å². The summed E-state index contributed by atoms with van der Waals surface area (Å²) in [4.78, 5) is 17.1. The summed E-state index contributed by atoms with van der Waals surface area (Å²) in [6.45, 7) is 1.36. The average molecular weight is 320 g/mol. The average Bonchev–Trinajstić information content (AvgIpc) is 2.73. The summed E-state index contributed by atoms with van der Waals surface area (Å²) < 4.78 is 0. The third-order valence-electron chi connectivity index (χ3n) is 3.33. The van der Waals surface area contributed by atoms with E-state index < -0.39 is 5.54 Å². The molecular weight excluding hydrogens is 301 g/mol. The molecule has 0 bridgehead atoms. The van der Waals surface area contributed by atoms with Crippen molar-refractivity contribution in [2.75, 3.05) is 26.7 Å². The van der Waals surface area contributed by atoms with E-state index in [-0.39, 0.29) is 23.7 Å². The third-order valence-corrected chi connectivity index (χ3v) is 3.90. The second-order valence-electron chi connectivity index (χ2n) is 4.75. The first-order valence-corrected chi connectivity index (χ1v) is 6.54. The first kappa shape index (κ1) is 17.2. The summed E-state index contributed by atoms with van der Waals surface area (Å²) in [5.41, 5.74) is 6.16. The first-order valence-electron chi connectivity index (χ1n) is 6.10. The van der Waals surface area contributed by atoms with Gasteiger partial charge < -0.3 is 15.9 Å². The van der Waals surface area contributed by atoms with Gasteiger partial charge in [0.25, 0.3) is 5.91 Å². The molecule has 0 aliphatic carbocycles. The number of amides is 1. The molecule has 112 valence electrons. The molecule has 0 radical (unpaired) electrons. The fraction of sp³-hybridized carbons (Fsp3) is 0.462. The van der Waals surface area contributed by atoms with E-state index in [1.165, 1.54) is 0 Å². The van der Waals surface area contributed by atoms with Crippen molar-refractivity contribution >= 4 is 29.9 Å². The van der Waals surface area contributed by atoms with Crippen LogP contribution in [-0.2, 0) is 4.84 Å². The maximum atomic E-state index is 11.9. The topological polar surface area (TPSA) is 67.6 Å². The lowest BCUT2D eigenvalue weighted by Gasteiger charge is -2.27. The minimum Gasteiger partial charge on any atom is -0.350 e. The van der Waals surface area contributed by atoms with E-state index in [0.717, 1.165) is 0 Å². The van der Waals surface area contributed by atoms with Crippen LogP contribution in [0.15, 0.2) is 30.3 Å². The smallest absolute Gasteiger partial charge is 0.251 e. The maximum Gasteiger partial charge on any atom is 0.251 e. The van der Waals surface area contributed by atoms with E-state index in [4.69, 9.17) is 22.2 Å². The highest BCUT2D eigenvalue weighted by Gasteiger charge is 2.43. The second kappa shape index (κ2) is 7.24. The van der Waals surface area contributed by atoms with E-state index in [1.54, 1.807) is 24.3 Å². The molecule has 0 saturated carbocycles. The summed E-state index contributed by atoms with van der Waals surface area (Å²) in [6.07, 6.45) is 0. The van der Waals surface area contributed by atoms with Gasteiger partial charge in [-0.1, -0.05) is 18.2 Å². The van der Waals surface area contributed by atoms with Crippen LogP contribution in [0.1, 0.15) is 10.4 Å². The van der Waals surface area contributed by atoms with Crippen LogP contribution in [0.25, 0.3) is 0 Å². The number of benzene rings is 1. The summed E-state index contributed by atoms with van der Waals surface area (Å²) >= 11 is 6.22. The normalized spacial score (nSPS) is 26.1. The number of nitrogens with one attached hydrogen (secondary N) is 1. The quantitative estimate of drug-likeness (QED) is 0.813. The van der Waals surface area contributed by atoms with Crippen molar-refractivity contribution in [1.82, 2.24) is 10.4 Å². The molecule has 1 aliphatic rings. The number of nitrogens with two attached hydrogens (primary N) is 1. The highest BCUT2D eigenvalue weighted by molar-refractivity contribution is 6.22. The largest absolute Gasteiger partial charge is 0.350 e. The molecule has 1 aliphatic heterocycles. The van der Waals surface area contributed by atoms with Gasteiger partial charge in [0.15, 0.2) is 0 Å². The lowest BCUT2D eigenvalue weighted by Crippen LogP contribution is -2.56. The lowest BCUT2D eigenvalue weighted by atomic mass is 9.99. The zero-order valence-electron chi connectivity index (χ0n) is 11.2. The van der Waals surface area contributed by atoms with Crippen LogP contribution in [0.3, 0.4) is 0 Å². The van der Waals surface area contributed by atoms with Crippen LogP contribution in [0.5, 0.6) is 0 Å². The molecule has 1 fully saturated rings. The molecule has 2 unspecified atom stereocenters. The molecule has 2 atom stereocenters. The van der Waals surface area contributed by atoms with Crippen LogP contribution in [0.2, 0.25) is 0 Å². The molecule has 1 amide bonds. The molecule has 3 N–H and O–H groups in total. The highest BCUT2D eigenvalue weighted by atomic mass is 35.5. The minimum atomic E-state index is -0.679. The standard InChI is InChI=1S/C13H18ClN3O2.ClH/c1-19-17-7-11(14)13(15,9-17)8-16-12(18)10-5-3-2-4-6-10;/h2-6,11H,7-9,15H2,1H3,(H,16,18);1H. The molecule has 1 aromatic carbocycles. The molecule has 1 heterocycles. The van der Waals surface area contributed by atoms with E-state index in [9.17, 15) is 4.79 Å². The van der Waals surface area contributed by atoms with Gasteiger partial charge in [-0.3, -0.25) is 4.79 Å². The van der Waals surface area contributed by atoms with Crippen molar-refractivity contribution in [3.8, 4) is 0 Å². The van der Waals surface area contributed by atoms with Crippen LogP contribution in [0, 0.1) is 0 Å². The molecule has 5 nitrogen and oxygen atoms in total. The van der Waals surface area contributed by atoms with Crippen LogP contribution < -0.4 is 11.1 Å². The zero-order chi connectivity index (χ0) is 13.9. The van der Waals surface area contributed by atoms with Gasteiger partial charge in [-0.2, -0.15) is 5.06 Å². The van der Waals surface area contributed by atoms with E-state index >= 15 is 0 Å². The Morgan fingerprint density at radius 1 is 1.55 bits per heavy atom. The Morgan fingerprint density at radius 3 is 2.75 bits per heavy atom. The molecule has 20 heavy (non-hydrogen) atoms. The fourth-order valence-electron chi connectivity index (χ4n) is 2.09. The van der Waals surface area contributed by atoms with Crippen LogP contribution >= 0.6 is 24.0 Å². The molecule has 0 spiro atoms. The Morgan fingerprint density at radius 2 is 2.20 bits per heavy atom. The summed E-state index contributed by atoms with van der Waals surface area (Å²) in [6, 6.07) is 9.02. The Kier molecular flexibility index (Phi) is 6.23. The number of alkyl halides is 1. The van der Waals surface area contributed by atoms with E-state index in [0.29, 0.717) is 25.2 Å². The number of carbonyl (C=O) groups excluding carboxylic acids is 1. The van der Waals surface area contributed by atoms with Crippen molar-refractivity contribution in [2.45, 2.75) is 10.9 Å². The van der Waals surface area contributed by atoms with Gasteiger partial charge in [0.05, 0.1) is 18.0 Å². The Balaban J connectivity index is 0.00000200. The predicted octanol–water partition coefficient (Wildman–Crippen LogP) is 1.02. The second-order valence-corrected chi connectivity index (χ2v) is 5.28. The Hall–Kier alpha value is -0.850. The van der Waals surface area contributed by atoms with Gasteiger partial charge in [-0.05, 0) is 12.1 Å². The SMILES string of the molecule is CON1CC(Cl)C(N)(CNC(=O)c2ccccc2)C1.Cl. The van der Waals surface area contributed by atoms with Gasteiger partial charge in [0.2, 0.25) is 0 Å². The van der Waals surface area contributed by atoms with Crippen molar-refractivity contribution in [3.63, 3.8) is 0 Å². The van der Waals surface area contributed by atoms with Gasteiger partial charge in [0, 0.05) is 25.2 Å². The van der Waals surface area contributed by atoms with Gasteiger partial charge in [0.1, 0.15) is 0 Å². The third kappa shape index (κ3) is 3.84. The highest BCUT2D eigenvalue weighted by Crippen LogP contribution is 2.23. The number of nitrogens with zero attached hydrogens (tertiary/aromatic N) is 1. The Labute approximate surface area is 129 Å².